The molecule has 0 saturated heterocycles. The summed E-state index contributed by atoms with van der Waals surface area (Å²) in [6, 6.07) is 16.3. The number of rotatable bonds is 4. The number of alkyl halides is 3. The molecule has 0 amide bonds. The van der Waals surface area contributed by atoms with E-state index in [4.69, 9.17) is 0 Å². The van der Waals surface area contributed by atoms with Gasteiger partial charge in [-0.3, -0.25) is 4.40 Å². The van der Waals surface area contributed by atoms with Crippen LogP contribution in [0.4, 0.5) is 13.2 Å². The second-order valence-electron chi connectivity index (χ2n) is 7.25. The highest BCUT2D eigenvalue weighted by molar-refractivity contribution is 7.90. The molecule has 8 heteroatoms. The zero-order valence-corrected chi connectivity index (χ0v) is 17.6. The number of sulfone groups is 1. The molecule has 0 saturated carbocycles. The van der Waals surface area contributed by atoms with Gasteiger partial charge >= 0.3 is 6.18 Å². The normalized spacial score (nSPS) is 12.4. The summed E-state index contributed by atoms with van der Waals surface area (Å²) in [5, 5.41) is 0. The van der Waals surface area contributed by atoms with Gasteiger partial charge in [0, 0.05) is 18.0 Å². The van der Waals surface area contributed by atoms with Crippen LogP contribution in [0.2, 0.25) is 0 Å². The highest BCUT2D eigenvalue weighted by Crippen LogP contribution is 2.35. The lowest BCUT2D eigenvalue weighted by atomic mass is 10.0. The van der Waals surface area contributed by atoms with Crippen LogP contribution in [0, 0.1) is 0 Å². The van der Waals surface area contributed by atoms with Crippen molar-refractivity contribution in [3.63, 3.8) is 0 Å². The minimum Gasteiger partial charge on any atom is -0.299 e. The van der Waals surface area contributed by atoms with Crippen molar-refractivity contribution in [3.05, 3.63) is 78.1 Å². The van der Waals surface area contributed by atoms with Gasteiger partial charge in [-0.05, 0) is 41.8 Å². The van der Waals surface area contributed by atoms with Crippen LogP contribution >= 0.6 is 0 Å². The minimum absolute atomic E-state index is 0.119. The van der Waals surface area contributed by atoms with Crippen LogP contribution in [0.5, 0.6) is 0 Å². The van der Waals surface area contributed by atoms with Crippen LogP contribution < -0.4 is 0 Å². The smallest absolute Gasteiger partial charge is 0.299 e. The number of hydrogen-bond donors (Lipinski definition) is 0. The Morgan fingerprint density at radius 1 is 0.935 bits per heavy atom. The molecule has 0 fully saturated rings. The molecule has 0 atom stereocenters. The molecular formula is C23H19F3N2O2S. The van der Waals surface area contributed by atoms with Crippen LogP contribution in [0.15, 0.2) is 71.8 Å². The summed E-state index contributed by atoms with van der Waals surface area (Å²) in [6.45, 7) is 1.85. The van der Waals surface area contributed by atoms with Gasteiger partial charge in [0.1, 0.15) is 5.65 Å². The first-order chi connectivity index (χ1) is 14.6. The number of imidazole rings is 1. The third-order valence-corrected chi connectivity index (χ3v) is 6.23. The average molecular weight is 444 g/mol. The summed E-state index contributed by atoms with van der Waals surface area (Å²) in [7, 11) is -3.33. The molecule has 4 aromatic rings. The zero-order chi connectivity index (χ0) is 22.4. The molecule has 0 aliphatic heterocycles. The van der Waals surface area contributed by atoms with Gasteiger partial charge in [-0.25, -0.2) is 13.4 Å². The standard InChI is InChI=1S/C23H19F3N2O2S/c1-3-20-21(28-13-5-8-19(22(28)27-20)23(24,25)26)16-11-9-15(10-12-16)17-6-4-7-18(14-17)31(2,29)30/h4-14H,3H2,1-2H3. The predicted octanol–water partition coefficient (Wildman–Crippen LogP) is 5.65. The van der Waals surface area contributed by atoms with E-state index in [-0.39, 0.29) is 10.5 Å². The molecule has 0 radical (unpaired) electrons. The molecular weight excluding hydrogens is 425 g/mol. The Morgan fingerprint density at radius 3 is 2.23 bits per heavy atom. The Kier molecular flexibility index (Phi) is 5.13. The molecule has 2 aromatic carbocycles. The predicted molar refractivity (Wildman–Crippen MR) is 114 cm³/mol. The molecule has 0 spiro atoms. The second kappa shape index (κ2) is 7.53. The van der Waals surface area contributed by atoms with Gasteiger partial charge in [-0.2, -0.15) is 13.2 Å². The van der Waals surface area contributed by atoms with E-state index in [9.17, 15) is 21.6 Å². The van der Waals surface area contributed by atoms with Crippen molar-refractivity contribution < 1.29 is 21.6 Å². The van der Waals surface area contributed by atoms with Crippen molar-refractivity contribution in [1.29, 1.82) is 0 Å². The number of hydrogen-bond acceptors (Lipinski definition) is 3. The Morgan fingerprint density at radius 2 is 1.61 bits per heavy atom. The summed E-state index contributed by atoms with van der Waals surface area (Å²) in [6.07, 6.45) is -1.28. The van der Waals surface area contributed by atoms with E-state index in [0.29, 0.717) is 17.8 Å². The Balaban J connectivity index is 1.82. The molecule has 0 bridgehead atoms. The summed E-state index contributed by atoms with van der Waals surface area (Å²) >= 11 is 0. The van der Waals surface area contributed by atoms with Gasteiger partial charge in [0.15, 0.2) is 9.84 Å². The Labute approximate surface area is 177 Å². The summed E-state index contributed by atoms with van der Waals surface area (Å²) in [4.78, 5) is 4.50. The fraction of sp³-hybridized carbons (Fsp3) is 0.174. The van der Waals surface area contributed by atoms with Crippen LogP contribution in [0.25, 0.3) is 28.0 Å². The quantitative estimate of drug-likeness (QED) is 0.409. The third kappa shape index (κ3) is 3.95. The SMILES string of the molecule is CCc1nc2c(C(F)(F)F)cccn2c1-c1ccc(-c2cccc(S(C)(=O)=O)c2)cc1. The lowest BCUT2D eigenvalue weighted by molar-refractivity contribution is -0.136. The molecule has 0 unspecified atom stereocenters. The van der Waals surface area contributed by atoms with Crippen LogP contribution in [0.1, 0.15) is 18.2 Å². The van der Waals surface area contributed by atoms with E-state index in [1.54, 1.807) is 18.3 Å². The summed E-state index contributed by atoms with van der Waals surface area (Å²) in [5.74, 6) is 0. The maximum atomic E-state index is 13.4. The van der Waals surface area contributed by atoms with Gasteiger partial charge in [0.2, 0.25) is 0 Å². The third-order valence-electron chi connectivity index (χ3n) is 5.12. The topological polar surface area (TPSA) is 51.4 Å². The second-order valence-corrected chi connectivity index (χ2v) is 9.27. The van der Waals surface area contributed by atoms with Gasteiger partial charge in [0.05, 0.1) is 21.8 Å². The van der Waals surface area contributed by atoms with Crippen LogP contribution in [-0.4, -0.2) is 24.1 Å². The lowest BCUT2D eigenvalue weighted by Gasteiger charge is -2.10. The zero-order valence-electron chi connectivity index (χ0n) is 16.8. The molecule has 0 N–H and O–H groups in total. The number of nitrogens with zero attached hydrogens (tertiary/aromatic N) is 2. The Hall–Kier alpha value is -3.13. The van der Waals surface area contributed by atoms with Gasteiger partial charge in [-0.15, -0.1) is 0 Å². The van der Waals surface area contributed by atoms with Crippen molar-refractivity contribution in [3.8, 4) is 22.4 Å². The number of halogens is 3. The van der Waals surface area contributed by atoms with Crippen molar-refractivity contribution in [1.82, 2.24) is 9.38 Å². The Bertz CT molecular complexity index is 1370. The first-order valence-electron chi connectivity index (χ1n) is 9.57. The van der Waals surface area contributed by atoms with Crippen molar-refractivity contribution >= 4 is 15.5 Å². The van der Waals surface area contributed by atoms with Gasteiger partial charge in [0.25, 0.3) is 0 Å². The van der Waals surface area contributed by atoms with E-state index in [2.05, 4.69) is 4.98 Å². The molecule has 0 aliphatic rings. The van der Waals surface area contributed by atoms with E-state index in [1.165, 1.54) is 16.5 Å². The van der Waals surface area contributed by atoms with Crippen LogP contribution in [0.3, 0.4) is 0 Å². The molecule has 4 nitrogen and oxygen atoms in total. The monoisotopic (exact) mass is 444 g/mol. The highest BCUT2D eigenvalue weighted by Gasteiger charge is 2.34. The molecule has 2 aromatic heterocycles. The minimum atomic E-state index is -4.50. The highest BCUT2D eigenvalue weighted by atomic mass is 32.2. The van der Waals surface area contributed by atoms with Gasteiger partial charge in [-0.1, -0.05) is 43.3 Å². The van der Waals surface area contributed by atoms with E-state index in [0.717, 1.165) is 29.0 Å². The molecule has 160 valence electrons. The molecule has 0 aliphatic carbocycles. The summed E-state index contributed by atoms with van der Waals surface area (Å²) < 4.78 is 65.4. The number of pyridine rings is 1. The van der Waals surface area contributed by atoms with Crippen LogP contribution in [-0.2, 0) is 22.4 Å². The van der Waals surface area contributed by atoms with Crippen molar-refractivity contribution in [2.24, 2.45) is 0 Å². The van der Waals surface area contributed by atoms with Crippen molar-refractivity contribution in [2.75, 3.05) is 6.26 Å². The van der Waals surface area contributed by atoms with Gasteiger partial charge < -0.3 is 0 Å². The molecule has 4 rings (SSSR count). The molecule has 31 heavy (non-hydrogen) atoms. The first kappa shape index (κ1) is 21.1. The maximum absolute atomic E-state index is 13.4. The fourth-order valence-corrected chi connectivity index (χ4v) is 4.28. The van der Waals surface area contributed by atoms with E-state index < -0.39 is 21.6 Å². The first-order valence-corrected chi connectivity index (χ1v) is 11.5. The van der Waals surface area contributed by atoms with E-state index in [1.807, 2.05) is 37.3 Å². The molecule has 2 heterocycles. The fourth-order valence-electron chi connectivity index (χ4n) is 3.61. The average Bonchev–Trinajstić information content (AvgIpc) is 3.11. The number of benzene rings is 2. The largest absolute Gasteiger partial charge is 0.419 e. The van der Waals surface area contributed by atoms with Crippen molar-refractivity contribution in [2.45, 2.75) is 24.4 Å². The lowest BCUT2D eigenvalue weighted by Crippen LogP contribution is -2.07. The number of fused-ring (bicyclic) bond motifs is 1. The number of aromatic nitrogens is 2. The maximum Gasteiger partial charge on any atom is 0.419 e. The van der Waals surface area contributed by atoms with E-state index >= 15 is 0 Å². The summed E-state index contributed by atoms with van der Waals surface area (Å²) in [5.41, 5.74) is 2.56. The number of aryl methyl sites for hydroxylation is 1.